The molecule has 1 fully saturated rings. The van der Waals surface area contributed by atoms with Gasteiger partial charge in [0, 0.05) is 6.54 Å². The Labute approximate surface area is 123 Å². The van der Waals surface area contributed by atoms with Crippen molar-refractivity contribution in [3.63, 3.8) is 0 Å². The Balaban J connectivity index is 1.75. The Morgan fingerprint density at radius 3 is 2.57 bits per heavy atom. The quantitative estimate of drug-likeness (QED) is 0.752. The first-order valence-corrected chi connectivity index (χ1v) is 7.38. The second kappa shape index (κ2) is 6.65. The smallest absolute Gasteiger partial charge is 0.371 e. The van der Waals surface area contributed by atoms with Crippen LogP contribution in [-0.2, 0) is 6.54 Å². The van der Waals surface area contributed by atoms with Gasteiger partial charge in [0.15, 0.2) is 0 Å². The molecular formula is C15H22N2O4. The summed E-state index contributed by atoms with van der Waals surface area (Å²) in [6.07, 6.45) is 5.89. The molecule has 0 unspecified atom stereocenters. The molecule has 1 aromatic rings. The molecule has 6 heteroatoms. The molecule has 1 aromatic heterocycles. The van der Waals surface area contributed by atoms with Gasteiger partial charge in [-0.25, -0.2) is 9.59 Å². The third kappa shape index (κ3) is 4.00. The van der Waals surface area contributed by atoms with E-state index in [2.05, 4.69) is 17.6 Å². The van der Waals surface area contributed by atoms with Crippen LogP contribution in [-0.4, -0.2) is 23.7 Å². The largest absolute Gasteiger partial charge is 0.475 e. The number of amides is 2. The van der Waals surface area contributed by atoms with Crippen molar-refractivity contribution in [1.29, 1.82) is 0 Å². The van der Waals surface area contributed by atoms with Gasteiger partial charge in [-0.05, 0) is 36.8 Å². The van der Waals surface area contributed by atoms with E-state index in [4.69, 9.17) is 9.52 Å². The fourth-order valence-corrected chi connectivity index (χ4v) is 2.87. The Kier molecular flexibility index (Phi) is 4.88. The number of carbonyl (C=O) groups excluding carboxylic acids is 1. The molecule has 0 saturated heterocycles. The molecule has 1 heterocycles. The van der Waals surface area contributed by atoms with E-state index in [1.165, 1.54) is 31.7 Å². The minimum Gasteiger partial charge on any atom is -0.475 e. The van der Waals surface area contributed by atoms with Crippen LogP contribution < -0.4 is 10.6 Å². The number of hydrogen-bond acceptors (Lipinski definition) is 3. The fourth-order valence-electron chi connectivity index (χ4n) is 2.87. The van der Waals surface area contributed by atoms with E-state index in [1.807, 2.05) is 0 Å². The third-order valence-corrected chi connectivity index (χ3v) is 4.33. The molecule has 2 amide bonds. The van der Waals surface area contributed by atoms with Crippen molar-refractivity contribution >= 4 is 12.0 Å². The normalized spacial score (nSPS) is 16.6. The highest BCUT2D eigenvalue weighted by Crippen LogP contribution is 2.40. The van der Waals surface area contributed by atoms with Crippen molar-refractivity contribution in [2.45, 2.75) is 45.6 Å². The Morgan fingerprint density at radius 1 is 1.29 bits per heavy atom. The van der Waals surface area contributed by atoms with Crippen LogP contribution in [0.3, 0.4) is 0 Å². The van der Waals surface area contributed by atoms with Crippen LogP contribution >= 0.6 is 0 Å². The molecule has 21 heavy (non-hydrogen) atoms. The number of aromatic carboxylic acids is 1. The fraction of sp³-hybridized carbons (Fsp3) is 0.600. The average molecular weight is 294 g/mol. The summed E-state index contributed by atoms with van der Waals surface area (Å²) < 4.78 is 5.07. The molecular weight excluding hydrogens is 272 g/mol. The molecule has 0 spiro atoms. The number of carboxylic acid groups (broad SMARTS) is 1. The Hall–Kier alpha value is -1.98. The van der Waals surface area contributed by atoms with E-state index in [0.29, 0.717) is 12.3 Å². The zero-order chi connectivity index (χ0) is 15.3. The van der Waals surface area contributed by atoms with E-state index >= 15 is 0 Å². The first-order chi connectivity index (χ1) is 10.0. The van der Waals surface area contributed by atoms with Crippen molar-refractivity contribution < 1.29 is 19.1 Å². The van der Waals surface area contributed by atoms with Crippen molar-refractivity contribution in [3.8, 4) is 0 Å². The maximum Gasteiger partial charge on any atom is 0.371 e. The van der Waals surface area contributed by atoms with Crippen LogP contribution in [0, 0.1) is 5.41 Å². The first-order valence-electron chi connectivity index (χ1n) is 7.38. The highest BCUT2D eigenvalue weighted by molar-refractivity contribution is 5.84. The molecule has 0 radical (unpaired) electrons. The van der Waals surface area contributed by atoms with Crippen molar-refractivity contribution in [3.05, 3.63) is 23.7 Å². The van der Waals surface area contributed by atoms with Gasteiger partial charge in [0.25, 0.3) is 0 Å². The van der Waals surface area contributed by atoms with Gasteiger partial charge < -0.3 is 20.2 Å². The number of nitrogens with one attached hydrogen (secondary N) is 2. The summed E-state index contributed by atoms with van der Waals surface area (Å²) in [6.45, 7) is 3.04. The van der Waals surface area contributed by atoms with E-state index in [-0.39, 0.29) is 23.8 Å². The topological polar surface area (TPSA) is 91.6 Å². The third-order valence-electron chi connectivity index (χ3n) is 4.33. The van der Waals surface area contributed by atoms with Crippen molar-refractivity contribution in [1.82, 2.24) is 10.6 Å². The molecule has 1 saturated carbocycles. The van der Waals surface area contributed by atoms with Gasteiger partial charge in [-0.2, -0.15) is 0 Å². The molecule has 1 aliphatic carbocycles. The van der Waals surface area contributed by atoms with Crippen LogP contribution in [0.4, 0.5) is 4.79 Å². The van der Waals surface area contributed by atoms with Gasteiger partial charge in [-0.3, -0.25) is 0 Å². The molecule has 6 nitrogen and oxygen atoms in total. The Bertz CT molecular complexity index is 504. The second-order valence-electron chi connectivity index (χ2n) is 5.67. The molecule has 0 atom stereocenters. The number of rotatable bonds is 6. The number of carboxylic acids is 1. The standard InChI is InChI=1S/C15H22N2O4/c1-2-15(7-3-4-8-15)10-17-14(20)16-9-11-5-6-12(21-11)13(18)19/h5-6H,2-4,7-10H2,1H3,(H,18,19)(H2,16,17,20). The SMILES string of the molecule is CCC1(CNC(=O)NCc2ccc(C(=O)O)o2)CCCC1. The number of urea groups is 1. The van der Waals surface area contributed by atoms with Gasteiger partial charge in [-0.1, -0.05) is 19.8 Å². The number of carbonyl (C=O) groups is 2. The average Bonchev–Trinajstić information content (AvgIpc) is 3.12. The summed E-state index contributed by atoms with van der Waals surface area (Å²) in [5.41, 5.74) is 0.249. The van der Waals surface area contributed by atoms with E-state index in [9.17, 15) is 9.59 Å². The van der Waals surface area contributed by atoms with Crippen molar-refractivity contribution in [2.75, 3.05) is 6.54 Å². The van der Waals surface area contributed by atoms with Crippen LogP contribution in [0.2, 0.25) is 0 Å². The van der Waals surface area contributed by atoms with E-state index in [1.54, 1.807) is 6.07 Å². The molecule has 0 bridgehead atoms. The molecule has 2 rings (SSSR count). The zero-order valence-electron chi connectivity index (χ0n) is 12.3. The number of hydrogen-bond donors (Lipinski definition) is 3. The predicted molar refractivity (Wildman–Crippen MR) is 77.1 cm³/mol. The minimum atomic E-state index is -1.11. The molecule has 0 aliphatic heterocycles. The van der Waals surface area contributed by atoms with E-state index < -0.39 is 5.97 Å². The number of furan rings is 1. The van der Waals surface area contributed by atoms with E-state index in [0.717, 1.165) is 6.42 Å². The lowest BCUT2D eigenvalue weighted by Crippen LogP contribution is -2.41. The predicted octanol–water partition coefficient (Wildman–Crippen LogP) is 2.75. The minimum absolute atomic E-state index is 0.122. The molecule has 3 N–H and O–H groups in total. The first kappa shape index (κ1) is 15.4. The summed E-state index contributed by atoms with van der Waals surface area (Å²) in [6, 6.07) is 2.68. The summed E-state index contributed by atoms with van der Waals surface area (Å²) in [4.78, 5) is 22.5. The molecule has 1 aliphatic rings. The second-order valence-corrected chi connectivity index (χ2v) is 5.67. The van der Waals surface area contributed by atoms with Crippen LogP contribution in [0.15, 0.2) is 16.5 Å². The summed E-state index contributed by atoms with van der Waals surface area (Å²) in [7, 11) is 0. The lowest BCUT2D eigenvalue weighted by molar-refractivity contribution is 0.0660. The van der Waals surface area contributed by atoms with Gasteiger partial charge >= 0.3 is 12.0 Å². The van der Waals surface area contributed by atoms with Gasteiger partial charge in [0.1, 0.15) is 5.76 Å². The van der Waals surface area contributed by atoms with Gasteiger partial charge in [-0.15, -0.1) is 0 Å². The molecule has 0 aromatic carbocycles. The van der Waals surface area contributed by atoms with Crippen LogP contribution in [0.25, 0.3) is 0 Å². The Morgan fingerprint density at radius 2 is 2.00 bits per heavy atom. The van der Waals surface area contributed by atoms with Gasteiger partial charge in [0.2, 0.25) is 5.76 Å². The maximum absolute atomic E-state index is 11.8. The lowest BCUT2D eigenvalue weighted by Gasteiger charge is -2.27. The lowest BCUT2D eigenvalue weighted by atomic mass is 9.83. The summed E-state index contributed by atoms with van der Waals surface area (Å²) >= 11 is 0. The highest BCUT2D eigenvalue weighted by atomic mass is 16.4. The highest BCUT2D eigenvalue weighted by Gasteiger charge is 2.32. The van der Waals surface area contributed by atoms with Gasteiger partial charge in [0.05, 0.1) is 6.54 Å². The summed E-state index contributed by atoms with van der Waals surface area (Å²) in [5, 5.41) is 14.3. The maximum atomic E-state index is 11.8. The monoisotopic (exact) mass is 294 g/mol. The van der Waals surface area contributed by atoms with Crippen molar-refractivity contribution in [2.24, 2.45) is 5.41 Å². The zero-order valence-corrected chi connectivity index (χ0v) is 12.3. The van der Waals surface area contributed by atoms with Crippen LogP contribution in [0.1, 0.15) is 55.3 Å². The summed E-state index contributed by atoms with van der Waals surface area (Å²) in [5.74, 6) is -0.812. The molecule has 116 valence electrons. The van der Waals surface area contributed by atoms with Crippen LogP contribution in [0.5, 0.6) is 0 Å².